The van der Waals surface area contributed by atoms with Crippen molar-refractivity contribution in [2.75, 3.05) is 19.7 Å². The van der Waals surface area contributed by atoms with Gasteiger partial charge in [-0.05, 0) is 68.7 Å². The third-order valence-electron chi connectivity index (χ3n) is 8.45. The van der Waals surface area contributed by atoms with Gasteiger partial charge in [-0.1, -0.05) is 77.7 Å². The van der Waals surface area contributed by atoms with Crippen molar-refractivity contribution in [3.05, 3.63) is 76.4 Å². The Morgan fingerprint density at radius 2 is 1.96 bits per heavy atom. The Morgan fingerprint density at radius 1 is 1.21 bits per heavy atom. The van der Waals surface area contributed by atoms with Gasteiger partial charge in [-0.25, -0.2) is 5.53 Å². The van der Waals surface area contributed by atoms with Gasteiger partial charge in [-0.15, -0.1) is 10.6 Å². The number of aliphatic hydroxyl groups is 1. The monoisotopic (exact) mass is 648 g/mol. The van der Waals surface area contributed by atoms with E-state index in [1.165, 1.54) is 12.8 Å². The Balaban J connectivity index is 0.00000139. The molecule has 3 aliphatic rings. The molecule has 0 spiro atoms. The van der Waals surface area contributed by atoms with Crippen LogP contribution in [0.25, 0.3) is 0 Å². The zero-order valence-corrected chi connectivity index (χ0v) is 29.4. The first kappa shape index (κ1) is 37.5. The normalized spacial score (nSPS) is 18.1. The van der Waals surface area contributed by atoms with Gasteiger partial charge in [0.15, 0.2) is 5.84 Å². The smallest absolute Gasteiger partial charge is 0.273 e. The van der Waals surface area contributed by atoms with Gasteiger partial charge in [0.05, 0.1) is 18.3 Å². The highest BCUT2D eigenvalue weighted by atomic mass is 16.3. The van der Waals surface area contributed by atoms with Crippen molar-refractivity contribution in [2.45, 2.75) is 99.6 Å². The van der Waals surface area contributed by atoms with E-state index in [1.54, 1.807) is 17.3 Å². The van der Waals surface area contributed by atoms with E-state index >= 15 is 0 Å². The second-order valence-electron chi connectivity index (χ2n) is 12.8. The second-order valence-corrected chi connectivity index (χ2v) is 12.8. The number of hydrogen-bond acceptors (Lipinski definition) is 9. The molecule has 3 heterocycles. The molecule has 0 radical (unpaired) electrons. The molecular formula is C36H56N8O3. The Bertz CT molecular complexity index is 1360. The topological polar surface area (TPSA) is 134 Å². The molecule has 258 valence electrons. The molecule has 2 unspecified atom stereocenters. The molecule has 1 aromatic rings. The molecule has 0 aromatic carbocycles. The summed E-state index contributed by atoms with van der Waals surface area (Å²) in [5, 5.41) is 21.9. The summed E-state index contributed by atoms with van der Waals surface area (Å²) in [5.74, 6) is 1.91. The summed E-state index contributed by atoms with van der Waals surface area (Å²) in [6, 6.07) is 1.62. The van der Waals surface area contributed by atoms with Crippen molar-refractivity contribution in [1.82, 2.24) is 36.6 Å². The summed E-state index contributed by atoms with van der Waals surface area (Å²) >= 11 is 0. The van der Waals surface area contributed by atoms with E-state index in [0.29, 0.717) is 48.4 Å². The van der Waals surface area contributed by atoms with Crippen molar-refractivity contribution in [1.29, 1.82) is 0 Å². The van der Waals surface area contributed by atoms with Crippen molar-refractivity contribution < 1.29 is 14.7 Å². The van der Waals surface area contributed by atoms with E-state index in [4.69, 9.17) is 0 Å². The van der Waals surface area contributed by atoms with Gasteiger partial charge in [0.1, 0.15) is 5.69 Å². The first-order valence-corrected chi connectivity index (χ1v) is 17.1. The number of pyridine rings is 1. The van der Waals surface area contributed by atoms with Crippen LogP contribution in [0.4, 0.5) is 0 Å². The summed E-state index contributed by atoms with van der Waals surface area (Å²) < 4.78 is 0. The van der Waals surface area contributed by atoms with Crippen LogP contribution in [-0.4, -0.2) is 63.4 Å². The quantitative estimate of drug-likeness (QED) is 0.143. The Hall–Kier alpha value is -3.96. The standard InChI is InChI=1S/C32H48N8O3.C4H8/c1-7-10-13-25(30-36-37-38-40(30)24(6)21-41)14-11-12-23(5)35-31(42)29-17-27-20-39(16-15-26(27)19-34-29)32(43)28(9-3)33-18-22(4)8-2;1-4-2-3-4/h9,11-14,17,19,22,24,33,37-38,41H,7-8,10,15-16,18,20-21H2,1-6H3,(H,35,42);4H,2-3H2,1H3/b14-11-,23-12+,25-13-,28-9-;. The number of nitrogens with one attached hydrogen (secondary N) is 4. The average molecular weight is 649 g/mol. The maximum Gasteiger partial charge on any atom is 0.273 e. The maximum atomic E-state index is 13.2. The minimum atomic E-state index is -0.309. The minimum absolute atomic E-state index is 0.0266. The van der Waals surface area contributed by atoms with Crippen molar-refractivity contribution in [3.63, 3.8) is 0 Å². The maximum absolute atomic E-state index is 13.2. The van der Waals surface area contributed by atoms with Crippen LogP contribution in [0.3, 0.4) is 0 Å². The lowest BCUT2D eigenvalue weighted by atomic mass is 10.0. The molecule has 0 bridgehead atoms. The number of amidine groups is 1. The summed E-state index contributed by atoms with van der Waals surface area (Å²) in [6.07, 6.45) is 17.8. The molecule has 11 heteroatoms. The fourth-order valence-electron chi connectivity index (χ4n) is 4.76. The van der Waals surface area contributed by atoms with Gasteiger partial charge >= 0.3 is 0 Å². The molecule has 11 nitrogen and oxygen atoms in total. The summed E-state index contributed by atoms with van der Waals surface area (Å²) in [6.45, 7) is 16.0. The van der Waals surface area contributed by atoms with Crippen molar-refractivity contribution in [2.24, 2.45) is 16.9 Å². The van der Waals surface area contributed by atoms with Crippen LogP contribution in [0.5, 0.6) is 0 Å². The largest absolute Gasteiger partial charge is 0.394 e. The molecule has 47 heavy (non-hydrogen) atoms. The fraction of sp³-hybridized carbons (Fsp3) is 0.556. The number of aliphatic hydroxyl groups excluding tert-OH is 1. The van der Waals surface area contributed by atoms with Crippen LogP contribution in [0.2, 0.25) is 0 Å². The number of allylic oxidation sites excluding steroid dienone is 5. The van der Waals surface area contributed by atoms with Crippen LogP contribution in [0.15, 0.2) is 64.7 Å². The number of carbonyl (C=O) groups excluding carboxylic acids is 2. The number of unbranched alkanes of at least 4 members (excludes halogenated alkanes) is 1. The predicted molar refractivity (Wildman–Crippen MR) is 188 cm³/mol. The molecule has 2 atom stereocenters. The third-order valence-corrected chi connectivity index (χ3v) is 8.45. The highest BCUT2D eigenvalue weighted by Crippen LogP contribution is 2.26. The number of hydrazine groups is 2. The van der Waals surface area contributed by atoms with Gasteiger partial charge in [-0.2, -0.15) is 0 Å². The molecule has 2 amide bonds. The number of hydrogen-bond donors (Lipinski definition) is 5. The SMILES string of the molecule is C/C=C(\NCC(C)CC)C(=O)N1CCc2cnc(C(=O)N/C(C)=C/C=C\C(=C\CCC)C3=NNNN3C(C)CO)cc2C1.CC1CC1. The Morgan fingerprint density at radius 3 is 2.60 bits per heavy atom. The highest BCUT2D eigenvalue weighted by molar-refractivity contribution is 6.01. The van der Waals surface area contributed by atoms with Crippen LogP contribution in [0.1, 0.15) is 102 Å². The van der Waals surface area contributed by atoms with Crippen LogP contribution < -0.4 is 21.7 Å². The van der Waals surface area contributed by atoms with E-state index in [1.807, 2.05) is 50.0 Å². The molecule has 1 aromatic heterocycles. The van der Waals surface area contributed by atoms with E-state index in [2.05, 4.69) is 65.6 Å². The lowest BCUT2D eigenvalue weighted by Gasteiger charge is -2.30. The molecule has 0 saturated heterocycles. The van der Waals surface area contributed by atoms with Crippen LogP contribution in [0, 0.1) is 11.8 Å². The minimum Gasteiger partial charge on any atom is -0.394 e. The zero-order chi connectivity index (χ0) is 34.3. The summed E-state index contributed by atoms with van der Waals surface area (Å²) in [5.41, 5.74) is 10.2. The number of fused-ring (bicyclic) bond motifs is 1. The van der Waals surface area contributed by atoms with E-state index in [-0.39, 0.29) is 24.5 Å². The van der Waals surface area contributed by atoms with E-state index in [0.717, 1.165) is 48.4 Å². The van der Waals surface area contributed by atoms with E-state index < -0.39 is 0 Å². The first-order chi connectivity index (χ1) is 22.6. The van der Waals surface area contributed by atoms with Gasteiger partial charge in [-0.3, -0.25) is 19.6 Å². The molecule has 1 saturated carbocycles. The van der Waals surface area contributed by atoms with Crippen LogP contribution >= 0.6 is 0 Å². The average Bonchev–Trinajstić information content (AvgIpc) is 3.71. The molecule has 4 rings (SSSR count). The number of rotatable bonds is 14. The van der Waals surface area contributed by atoms with Gasteiger partial charge < -0.3 is 20.6 Å². The van der Waals surface area contributed by atoms with Gasteiger partial charge in [0.2, 0.25) is 0 Å². The Labute approximate surface area is 281 Å². The molecule has 2 aliphatic heterocycles. The second kappa shape index (κ2) is 19.0. The first-order valence-electron chi connectivity index (χ1n) is 17.1. The Kier molecular flexibility index (Phi) is 15.2. The fourth-order valence-corrected chi connectivity index (χ4v) is 4.76. The van der Waals surface area contributed by atoms with Crippen LogP contribution in [-0.2, 0) is 17.8 Å². The third kappa shape index (κ3) is 11.7. The number of nitrogens with zero attached hydrogens (tertiary/aromatic N) is 4. The number of hydrazone groups is 1. The number of aromatic nitrogens is 1. The lowest BCUT2D eigenvalue weighted by molar-refractivity contribution is -0.128. The molecule has 1 aliphatic carbocycles. The van der Waals surface area contributed by atoms with E-state index in [9.17, 15) is 14.7 Å². The highest BCUT2D eigenvalue weighted by Gasteiger charge is 2.25. The molecular weight excluding hydrogens is 592 g/mol. The predicted octanol–water partition coefficient (Wildman–Crippen LogP) is 4.86. The number of carbonyl (C=O) groups is 2. The number of amides is 2. The molecule has 5 N–H and O–H groups in total. The zero-order valence-electron chi connectivity index (χ0n) is 29.4. The lowest BCUT2D eigenvalue weighted by Crippen LogP contribution is -2.48. The van der Waals surface area contributed by atoms with Gasteiger partial charge in [0.25, 0.3) is 11.8 Å². The van der Waals surface area contributed by atoms with Crippen molar-refractivity contribution in [3.8, 4) is 0 Å². The summed E-state index contributed by atoms with van der Waals surface area (Å²) in [4.78, 5) is 32.5. The molecule has 1 fully saturated rings. The van der Waals surface area contributed by atoms with Crippen molar-refractivity contribution >= 4 is 17.6 Å². The van der Waals surface area contributed by atoms with Gasteiger partial charge in [0, 0.05) is 37.1 Å². The summed E-state index contributed by atoms with van der Waals surface area (Å²) in [7, 11) is 0.